The fraction of sp³-hybridized carbons (Fsp3) is 0.708. The van der Waals surface area contributed by atoms with E-state index in [9.17, 15) is 19.0 Å². The summed E-state index contributed by atoms with van der Waals surface area (Å²) < 4.78 is 32.0. The van der Waals surface area contributed by atoms with E-state index in [0.29, 0.717) is 6.42 Å². The SMILES string of the molecule is CCCCC/C=C\C/C=C\C/C=C\CCCCCCCCC(=O)OCC(COP(=O)(O)OC)OC(=O)CCCCCCCC/C=C\C/C=C\C/C=C\CCCCC. The quantitative estimate of drug-likeness (QED) is 0.0281. The molecule has 0 amide bonds. The molecule has 0 aromatic carbocycles. The van der Waals surface area contributed by atoms with Gasteiger partial charge in [0.2, 0.25) is 0 Å². The molecule has 2 unspecified atom stereocenters. The van der Waals surface area contributed by atoms with Crippen LogP contribution in [0.3, 0.4) is 0 Å². The van der Waals surface area contributed by atoms with E-state index in [-0.39, 0.29) is 25.4 Å². The molecule has 9 heteroatoms. The summed E-state index contributed by atoms with van der Waals surface area (Å²) in [5.41, 5.74) is 0. The molecule has 57 heavy (non-hydrogen) atoms. The van der Waals surface area contributed by atoms with Crippen LogP contribution in [0.15, 0.2) is 72.9 Å². The summed E-state index contributed by atoms with van der Waals surface area (Å²) in [5.74, 6) is -0.836. The summed E-state index contributed by atoms with van der Waals surface area (Å²) in [5, 5.41) is 0. The molecule has 328 valence electrons. The lowest BCUT2D eigenvalue weighted by molar-refractivity contribution is -0.161. The lowest BCUT2D eigenvalue weighted by Gasteiger charge is -2.19. The molecule has 0 spiro atoms. The van der Waals surface area contributed by atoms with Gasteiger partial charge in [0.25, 0.3) is 0 Å². The molecule has 2 atom stereocenters. The average Bonchev–Trinajstić information content (AvgIpc) is 3.20. The van der Waals surface area contributed by atoms with Crippen LogP contribution in [-0.2, 0) is 32.7 Å². The number of rotatable bonds is 41. The number of hydrogen-bond acceptors (Lipinski definition) is 7. The number of phosphoric ester groups is 1. The van der Waals surface area contributed by atoms with E-state index in [1.165, 1.54) is 64.2 Å². The summed E-state index contributed by atoms with van der Waals surface area (Å²) in [6.07, 6.45) is 55.2. The standard InChI is InChI=1S/C48H83O8P/c1-4-6-8-10-12-14-16-18-20-22-24-26-28-30-32-34-36-38-40-42-47(49)54-44-46(45-55-57(51,52)53-3)56-48(50)43-41-39-37-35-33-31-29-27-25-23-21-19-17-15-13-11-9-7-5-2/h12-15,18-21,24-27,46H,4-11,16-17,22-23,28-45H2,1-3H3,(H,51,52)/b14-12-,15-13-,20-18-,21-19-,26-24-,27-25-. The van der Waals surface area contributed by atoms with E-state index in [1.807, 2.05) is 0 Å². The van der Waals surface area contributed by atoms with Crippen molar-refractivity contribution in [2.24, 2.45) is 0 Å². The maximum absolute atomic E-state index is 12.5. The van der Waals surface area contributed by atoms with Gasteiger partial charge in [-0.15, -0.1) is 0 Å². The predicted octanol–water partition coefficient (Wildman–Crippen LogP) is 14.5. The number of carbonyl (C=O) groups is 2. The van der Waals surface area contributed by atoms with Gasteiger partial charge in [-0.05, 0) is 89.9 Å². The minimum Gasteiger partial charge on any atom is -0.462 e. The second-order valence-corrected chi connectivity index (χ2v) is 16.4. The highest BCUT2D eigenvalue weighted by atomic mass is 31.2. The highest BCUT2D eigenvalue weighted by Crippen LogP contribution is 2.42. The molecule has 1 N–H and O–H groups in total. The summed E-state index contributed by atoms with van der Waals surface area (Å²) in [6.45, 7) is 3.81. The molecule has 0 rings (SSSR count). The predicted molar refractivity (Wildman–Crippen MR) is 239 cm³/mol. The van der Waals surface area contributed by atoms with Gasteiger partial charge < -0.3 is 14.4 Å². The first-order valence-electron chi connectivity index (χ1n) is 22.6. The molecule has 0 aromatic heterocycles. The fourth-order valence-corrected chi connectivity index (χ4v) is 6.37. The Morgan fingerprint density at radius 3 is 1.25 bits per heavy atom. The fourth-order valence-electron chi connectivity index (χ4n) is 5.91. The average molecular weight is 819 g/mol. The van der Waals surface area contributed by atoms with Crippen molar-refractivity contribution in [2.45, 2.75) is 200 Å². The molecule has 0 saturated heterocycles. The second kappa shape index (κ2) is 43.1. The molecule has 0 radical (unpaired) electrons. The third-order valence-corrected chi connectivity index (χ3v) is 10.4. The maximum Gasteiger partial charge on any atom is 0.472 e. The molecule has 8 nitrogen and oxygen atoms in total. The van der Waals surface area contributed by atoms with Gasteiger partial charge in [-0.3, -0.25) is 18.6 Å². The number of esters is 2. The van der Waals surface area contributed by atoms with Crippen molar-refractivity contribution in [1.29, 1.82) is 0 Å². The van der Waals surface area contributed by atoms with Gasteiger partial charge in [-0.2, -0.15) is 0 Å². The number of ether oxygens (including phenoxy) is 2. The smallest absolute Gasteiger partial charge is 0.462 e. The Morgan fingerprint density at radius 1 is 0.491 bits per heavy atom. The van der Waals surface area contributed by atoms with Crippen LogP contribution in [0.25, 0.3) is 0 Å². The lowest BCUT2D eigenvalue weighted by atomic mass is 10.1. The van der Waals surface area contributed by atoms with Crippen LogP contribution in [0.4, 0.5) is 0 Å². The van der Waals surface area contributed by atoms with E-state index in [4.69, 9.17) is 14.0 Å². The highest BCUT2D eigenvalue weighted by molar-refractivity contribution is 7.47. The molecule has 0 aromatic rings. The Balaban J connectivity index is 4.05. The highest BCUT2D eigenvalue weighted by Gasteiger charge is 2.24. The first-order valence-corrected chi connectivity index (χ1v) is 24.1. The number of phosphoric acid groups is 1. The number of allylic oxidation sites excluding steroid dienone is 12. The zero-order valence-electron chi connectivity index (χ0n) is 36.5. The Kier molecular flexibility index (Phi) is 41.2. The summed E-state index contributed by atoms with van der Waals surface area (Å²) >= 11 is 0. The van der Waals surface area contributed by atoms with Crippen LogP contribution < -0.4 is 0 Å². The molecule has 0 saturated carbocycles. The molecular weight excluding hydrogens is 735 g/mol. The van der Waals surface area contributed by atoms with Crippen LogP contribution in [0.2, 0.25) is 0 Å². The van der Waals surface area contributed by atoms with Crippen LogP contribution in [-0.4, -0.2) is 43.3 Å². The molecule has 0 fully saturated rings. The van der Waals surface area contributed by atoms with Gasteiger partial charge >= 0.3 is 19.8 Å². The minimum absolute atomic E-state index is 0.224. The summed E-state index contributed by atoms with van der Waals surface area (Å²) in [6, 6.07) is 0. The van der Waals surface area contributed by atoms with Crippen molar-refractivity contribution in [3.63, 3.8) is 0 Å². The van der Waals surface area contributed by atoms with E-state index in [2.05, 4.69) is 91.3 Å². The lowest BCUT2D eigenvalue weighted by Crippen LogP contribution is -2.29. The van der Waals surface area contributed by atoms with E-state index in [1.54, 1.807) is 0 Å². The molecular formula is C48H83O8P. The Bertz CT molecular complexity index is 1160. The monoisotopic (exact) mass is 819 g/mol. The van der Waals surface area contributed by atoms with Crippen molar-refractivity contribution in [3.8, 4) is 0 Å². The normalized spacial score (nSPS) is 14.0. The second-order valence-electron chi connectivity index (χ2n) is 14.8. The van der Waals surface area contributed by atoms with Gasteiger partial charge in [0.1, 0.15) is 6.61 Å². The molecule has 0 aliphatic heterocycles. The van der Waals surface area contributed by atoms with Gasteiger partial charge in [-0.25, -0.2) is 4.57 Å². The zero-order valence-corrected chi connectivity index (χ0v) is 37.4. The summed E-state index contributed by atoms with van der Waals surface area (Å²) in [4.78, 5) is 34.5. The van der Waals surface area contributed by atoms with Crippen molar-refractivity contribution < 1.29 is 37.6 Å². The molecule has 0 heterocycles. The van der Waals surface area contributed by atoms with E-state index < -0.39 is 26.5 Å². The maximum atomic E-state index is 12.5. The van der Waals surface area contributed by atoms with Crippen LogP contribution >= 0.6 is 7.82 Å². The van der Waals surface area contributed by atoms with E-state index in [0.717, 1.165) is 103 Å². The van der Waals surface area contributed by atoms with Gasteiger partial charge in [0.15, 0.2) is 6.10 Å². The van der Waals surface area contributed by atoms with Gasteiger partial charge in [0.05, 0.1) is 6.61 Å². The zero-order chi connectivity index (χ0) is 41.8. The molecule has 0 aliphatic carbocycles. The van der Waals surface area contributed by atoms with Gasteiger partial charge in [0, 0.05) is 20.0 Å². The molecule has 0 aliphatic rings. The Hall–Kier alpha value is -2.51. The Labute approximate surface area is 349 Å². The van der Waals surface area contributed by atoms with Crippen LogP contribution in [0.5, 0.6) is 0 Å². The third-order valence-electron chi connectivity index (χ3n) is 9.42. The number of unbranched alkanes of at least 4 members (excludes halogenated alkanes) is 18. The van der Waals surface area contributed by atoms with Crippen LogP contribution in [0, 0.1) is 0 Å². The minimum atomic E-state index is -4.28. The van der Waals surface area contributed by atoms with Gasteiger partial charge in [-0.1, -0.05) is 164 Å². The van der Waals surface area contributed by atoms with Crippen molar-refractivity contribution in [2.75, 3.05) is 20.3 Å². The number of carbonyl (C=O) groups excluding carboxylic acids is 2. The largest absolute Gasteiger partial charge is 0.472 e. The third kappa shape index (κ3) is 42.9. The van der Waals surface area contributed by atoms with E-state index >= 15 is 0 Å². The Morgan fingerprint density at radius 2 is 0.842 bits per heavy atom. The summed E-state index contributed by atoms with van der Waals surface area (Å²) in [7, 11) is -3.22. The van der Waals surface area contributed by atoms with Crippen molar-refractivity contribution in [1.82, 2.24) is 0 Å². The molecule has 0 bridgehead atoms. The number of hydrogen-bond donors (Lipinski definition) is 1. The van der Waals surface area contributed by atoms with Crippen molar-refractivity contribution >= 4 is 19.8 Å². The van der Waals surface area contributed by atoms with Crippen molar-refractivity contribution in [3.05, 3.63) is 72.9 Å². The first kappa shape index (κ1) is 54.5. The topological polar surface area (TPSA) is 108 Å². The van der Waals surface area contributed by atoms with Crippen LogP contribution in [0.1, 0.15) is 194 Å². The first-order chi connectivity index (χ1) is 27.8.